The molecule has 21 heavy (non-hydrogen) atoms. The number of hydrogen-bond acceptors (Lipinski definition) is 4. The van der Waals surface area contributed by atoms with Crippen molar-refractivity contribution in [2.24, 2.45) is 0 Å². The van der Waals surface area contributed by atoms with Gasteiger partial charge >= 0.3 is 0 Å². The summed E-state index contributed by atoms with van der Waals surface area (Å²) in [4.78, 5) is 0.0192. The normalized spacial score (nSPS) is 12.1. The summed E-state index contributed by atoms with van der Waals surface area (Å²) in [6.45, 7) is 4.48. The quantitative estimate of drug-likeness (QED) is 0.789. The lowest BCUT2D eigenvalue weighted by Crippen LogP contribution is -2.34. The van der Waals surface area contributed by atoms with Gasteiger partial charge in [0, 0.05) is 32.3 Å². The molecule has 0 bridgehead atoms. The van der Waals surface area contributed by atoms with Crippen molar-refractivity contribution in [1.29, 1.82) is 0 Å². The summed E-state index contributed by atoms with van der Waals surface area (Å²) >= 11 is 0. The van der Waals surface area contributed by atoms with Gasteiger partial charge in [-0.3, -0.25) is 0 Å². The molecule has 0 saturated carbocycles. The lowest BCUT2D eigenvalue weighted by Gasteiger charge is -2.22. The van der Waals surface area contributed by atoms with Crippen LogP contribution in [0.4, 0.5) is 4.39 Å². The maximum Gasteiger partial charge on any atom is 0.243 e. The zero-order chi connectivity index (χ0) is 16.0. The second kappa shape index (κ2) is 7.84. The topological polar surface area (TPSA) is 58.6 Å². The van der Waals surface area contributed by atoms with E-state index in [0.29, 0.717) is 25.3 Å². The third-order valence-electron chi connectivity index (χ3n) is 3.25. The van der Waals surface area contributed by atoms with Gasteiger partial charge in [0.05, 0.1) is 11.5 Å². The van der Waals surface area contributed by atoms with Crippen molar-refractivity contribution in [3.8, 4) is 0 Å². The van der Waals surface area contributed by atoms with Crippen LogP contribution < -0.4 is 5.32 Å². The van der Waals surface area contributed by atoms with Crippen molar-refractivity contribution < 1.29 is 17.5 Å². The Kier molecular flexibility index (Phi) is 6.73. The van der Waals surface area contributed by atoms with Crippen LogP contribution in [0.2, 0.25) is 0 Å². The highest BCUT2D eigenvalue weighted by atomic mass is 32.2. The highest BCUT2D eigenvalue weighted by Gasteiger charge is 2.26. The zero-order valence-corrected chi connectivity index (χ0v) is 13.8. The number of rotatable bonds is 8. The van der Waals surface area contributed by atoms with Gasteiger partial charge in [0.15, 0.2) is 0 Å². The Morgan fingerprint density at radius 3 is 2.57 bits per heavy atom. The van der Waals surface area contributed by atoms with Crippen LogP contribution in [-0.4, -0.2) is 46.6 Å². The summed E-state index contributed by atoms with van der Waals surface area (Å²) in [5.41, 5.74) is 0.743. The standard InChI is InChI=1S/C14H23FN2O3S/c1-5-17(6-7-20-4)21(18,19)14-9-12(10-16-3)8-13(15)11(14)2/h8-9,16H,5-7,10H2,1-4H3. The average molecular weight is 318 g/mol. The van der Waals surface area contributed by atoms with Crippen molar-refractivity contribution >= 4 is 10.0 Å². The molecule has 0 unspecified atom stereocenters. The first-order valence-electron chi connectivity index (χ1n) is 6.81. The molecule has 0 atom stereocenters. The minimum Gasteiger partial charge on any atom is -0.383 e. The van der Waals surface area contributed by atoms with Gasteiger partial charge in [-0.2, -0.15) is 4.31 Å². The summed E-state index contributed by atoms with van der Waals surface area (Å²) < 4.78 is 45.6. The summed E-state index contributed by atoms with van der Waals surface area (Å²) in [5.74, 6) is -0.510. The summed E-state index contributed by atoms with van der Waals surface area (Å²) in [7, 11) is -0.494. The van der Waals surface area contributed by atoms with Crippen LogP contribution in [0.5, 0.6) is 0 Å². The first kappa shape index (κ1) is 18.0. The molecule has 0 amide bonds. The lowest BCUT2D eigenvalue weighted by atomic mass is 10.1. The molecule has 120 valence electrons. The Bertz CT molecular complexity index is 576. The highest BCUT2D eigenvalue weighted by molar-refractivity contribution is 7.89. The Hall–Kier alpha value is -1.02. The molecule has 5 nitrogen and oxygen atoms in total. The molecule has 1 rings (SSSR count). The monoisotopic (exact) mass is 318 g/mol. The zero-order valence-electron chi connectivity index (χ0n) is 12.9. The molecular formula is C14H23FN2O3S. The van der Waals surface area contributed by atoms with Gasteiger partial charge in [-0.25, -0.2) is 12.8 Å². The first-order valence-corrected chi connectivity index (χ1v) is 8.25. The summed E-state index contributed by atoms with van der Waals surface area (Å²) in [5, 5.41) is 2.89. The molecule has 1 aromatic carbocycles. The third kappa shape index (κ3) is 4.23. The van der Waals surface area contributed by atoms with Crippen LogP contribution in [0.3, 0.4) is 0 Å². The molecule has 0 radical (unpaired) electrons. The van der Waals surface area contributed by atoms with E-state index in [9.17, 15) is 12.8 Å². The summed E-state index contributed by atoms with van der Waals surface area (Å²) in [6, 6.07) is 2.88. The molecule has 0 heterocycles. The van der Waals surface area contributed by atoms with Crippen LogP contribution in [0.1, 0.15) is 18.1 Å². The summed E-state index contributed by atoms with van der Waals surface area (Å²) in [6.07, 6.45) is 0. The highest BCUT2D eigenvalue weighted by Crippen LogP contribution is 2.24. The van der Waals surface area contributed by atoms with Gasteiger partial charge in [0.1, 0.15) is 5.82 Å². The van der Waals surface area contributed by atoms with Gasteiger partial charge in [-0.1, -0.05) is 6.92 Å². The second-order valence-corrected chi connectivity index (χ2v) is 6.63. The van der Waals surface area contributed by atoms with E-state index in [2.05, 4.69) is 5.32 Å². The number of halogens is 1. The fourth-order valence-electron chi connectivity index (χ4n) is 2.06. The predicted octanol–water partition coefficient (Wildman–Crippen LogP) is 1.51. The molecule has 1 aromatic rings. The number of hydrogen-bond donors (Lipinski definition) is 1. The van der Waals surface area contributed by atoms with E-state index in [1.54, 1.807) is 14.0 Å². The van der Waals surface area contributed by atoms with Gasteiger partial charge in [0.25, 0.3) is 0 Å². The van der Waals surface area contributed by atoms with Crippen molar-refractivity contribution in [2.45, 2.75) is 25.3 Å². The number of methoxy groups -OCH3 is 1. The minimum absolute atomic E-state index is 0.0192. The van der Waals surface area contributed by atoms with Gasteiger partial charge in [-0.15, -0.1) is 0 Å². The largest absolute Gasteiger partial charge is 0.383 e. The first-order chi connectivity index (χ1) is 9.88. The number of nitrogens with one attached hydrogen (secondary N) is 1. The van der Waals surface area contributed by atoms with Crippen molar-refractivity contribution in [3.63, 3.8) is 0 Å². The molecule has 7 heteroatoms. The number of sulfonamides is 1. The molecule has 0 aromatic heterocycles. The molecule has 0 aliphatic heterocycles. The van der Waals surface area contributed by atoms with Crippen molar-refractivity contribution in [2.75, 3.05) is 33.9 Å². The predicted molar refractivity (Wildman–Crippen MR) is 80.2 cm³/mol. The van der Waals surface area contributed by atoms with Gasteiger partial charge in [0.2, 0.25) is 10.0 Å². The Balaban J connectivity index is 3.28. The maximum atomic E-state index is 14.0. The number of ether oxygens (including phenoxy) is 1. The van der Waals surface area contributed by atoms with E-state index in [-0.39, 0.29) is 17.0 Å². The molecule has 0 fully saturated rings. The van der Waals surface area contributed by atoms with E-state index < -0.39 is 15.8 Å². The molecule has 1 N–H and O–H groups in total. The van der Waals surface area contributed by atoms with Gasteiger partial charge < -0.3 is 10.1 Å². The van der Waals surface area contributed by atoms with E-state index in [4.69, 9.17) is 4.74 Å². The average Bonchev–Trinajstić information content (AvgIpc) is 2.43. The van der Waals surface area contributed by atoms with Crippen molar-refractivity contribution in [3.05, 3.63) is 29.1 Å². The number of benzene rings is 1. The van der Waals surface area contributed by atoms with E-state index in [0.717, 1.165) is 0 Å². The maximum absolute atomic E-state index is 14.0. The molecule has 0 aliphatic carbocycles. The van der Waals surface area contributed by atoms with Crippen LogP contribution >= 0.6 is 0 Å². The lowest BCUT2D eigenvalue weighted by molar-refractivity contribution is 0.180. The molecular weight excluding hydrogens is 295 g/mol. The SMILES string of the molecule is CCN(CCOC)S(=O)(=O)c1cc(CNC)cc(F)c1C. The second-order valence-electron chi connectivity index (χ2n) is 4.72. The van der Waals surface area contributed by atoms with Crippen LogP contribution in [0.25, 0.3) is 0 Å². The Morgan fingerprint density at radius 1 is 1.38 bits per heavy atom. The van der Waals surface area contributed by atoms with E-state index in [1.165, 1.54) is 30.5 Å². The van der Waals surface area contributed by atoms with Gasteiger partial charge in [-0.05, 0) is 31.7 Å². The number of likely N-dealkylation sites (N-methyl/N-ethyl adjacent to an activating group) is 1. The van der Waals surface area contributed by atoms with Crippen LogP contribution in [-0.2, 0) is 21.3 Å². The number of nitrogens with zero attached hydrogens (tertiary/aromatic N) is 1. The smallest absolute Gasteiger partial charge is 0.243 e. The fourth-order valence-corrected chi connectivity index (χ4v) is 3.78. The minimum atomic E-state index is -3.73. The third-order valence-corrected chi connectivity index (χ3v) is 5.35. The Morgan fingerprint density at radius 2 is 2.05 bits per heavy atom. The van der Waals surface area contributed by atoms with Crippen molar-refractivity contribution in [1.82, 2.24) is 9.62 Å². The fraction of sp³-hybridized carbons (Fsp3) is 0.571. The molecule has 0 spiro atoms. The van der Waals surface area contributed by atoms with Crippen LogP contribution in [0, 0.1) is 12.7 Å². The Labute approximate surface area is 126 Å². The molecule has 0 aliphatic rings. The van der Waals surface area contributed by atoms with Crippen LogP contribution in [0.15, 0.2) is 17.0 Å². The van der Waals surface area contributed by atoms with E-state index in [1.807, 2.05) is 0 Å². The van der Waals surface area contributed by atoms with E-state index >= 15 is 0 Å². The molecule has 0 saturated heterocycles.